The number of aliphatic hydroxyl groups is 1. The lowest BCUT2D eigenvalue weighted by Gasteiger charge is -2.16. The number of nitrogens with two attached hydrogens (primary N) is 1. The third kappa shape index (κ3) is 1.83. The van der Waals surface area contributed by atoms with Crippen LogP contribution in [0.15, 0.2) is 0 Å². The molecule has 64 valence electrons. The smallest absolute Gasteiger partial charge is 0.404 e. The second-order valence-corrected chi connectivity index (χ2v) is 2.98. The van der Waals surface area contributed by atoms with Crippen molar-refractivity contribution in [2.24, 2.45) is 11.7 Å². The van der Waals surface area contributed by atoms with E-state index >= 15 is 0 Å². The molecule has 1 aliphatic rings. The molecule has 3 atom stereocenters. The summed E-state index contributed by atoms with van der Waals surface area (Å²) >= 11 is 0. The first-order chi connectivity index (χ1) is 5.11. The van der Waals surface area contributed by atoms with Gasteiger partial charge in [0.2, 0.25) is 0 Å². The molecule has 0 bridgehead atoms. The fraction of sp³-hybridized carbons (Fsp3) is 0.857. The minimum atomic E-state index is -0.754. The molecule has 1 amide bonds. The van der Waals surface area contributed by atoms with Gasteiger partial charge in [-0.25, -0.2) is 4.79 Å². The van der Waals surface area contributed by atoms with Crippen LogP contribution in [0.5, 0.6) is 0 Å². The highest BCUT2D eigenvalue weighted by Gasteiger charge is 2.33. The van der Waals surface area contributed by atoms with Gasteiger partial charge in [-0.1, -0.05) is 6.92 Å². The minimum absolute atomic E-state index is 0.0162. The van der Waals surface area contributed by atoms with Crippen molar-refractivity contribution in [2.45, 2.75) is 32.0 Å². The highest BCUT2D eigenvalue weighted by Crippen LogP contribution is 2.27. The van der Waals surface area contributed by atoms with Crippen molar-refractivity contribution >= 4 is 6.09 Å². The quantitative estimate of drug-likeness (QED) is 0.575. The Morgan fingerprint density at radius 2 is 2.27 bits per heavy atom. The van der Waals surface area contributed by atoms with E-state index in [0.29, 0.717) is 12.8 Å². The van der Waals surface area contributed by atoms with Crippen molar-refractivity contribution in [2.75, 3.05) is 0 Å². The van der Waals surface area contributed by atoms with E-state index in [2.05, 4.69) is 0 Å². The molecule has 0 radical (unpaired) electrons. The standard InChI is InChI=1S/C7H13NO3/c1-4-5(9)2-3-6(4)11-7(8)10/h4-6,9H,2-3H2,1H3,(H2,8,10). The average molecular weight is 159 g/mol. The molecule has 0 spiro atoms. The molecule has 11 heavy (non-hydrogen) atoms. The molecule has 1 rings (SSSR count). The first kappa shape index (κ1) is 8.33. The van der Waals surface area contributed by atoms with Crippen LogP contribution < -0.4 is 5.73 Å². The second kappa shape index (κ2) is 3.09. The van der Waals surface area contributed by atoms with Crippen molar-refractivity contribution in [3.8, 4) is 0 Å². The maximum Gasteiger partial charge on any atom is 0.404 e. The van der Waals surface area contributed by atoms with E-state index in [0.717, 1.165) is 0 Å². The number of primary amides is 1. The van der Waals surface area contributed by atoms with E-state index in [4.69, 9.17) is 10.5 Å². The fourth-order valence-corrected chi connectivity index (χ4v) is 1.42. The second-order valence-electron chi connectivity index (χ2n) is 2.98. The summed E-state index contributed by atoms with van der Waals surface area (Å²) in [6.45, 7) is 1.85. The van der Waals surface area contributed by atoms with Crippen molar-refractivity contribution in [3.63, 3.8) is 0 Å². The maximum atomic E-state index is 10.3. The number of hydrogen-bond acceptors (Lipinski definition) is 3. The lowest BCUT2D eigenvalue weighted by atomic mass is 10.1. The molecule has 1 aliphatic carbocycles. The van der Waals surface area contributed by atoms with Crippen LogP contribution in [0.25, 0.3) is 0 Å². The number of carbonyl (C=O) groups is 1. The molecule has 0 heterocycles. The summed E-state index contributed by atoms with van der Waals surface area (Å²) in [4.78, 5) is 10.3. The summed E-state index contributed by atoms with van der Waals surface area (Å²) in [7, 11) is 0. The van der Waals surface area contributed by atoms with Gasteiger partial charge in [0.05, 0.1) is 6.10 Å². The normalized spacial score (nSPS) is 37.1. The van der Waals surface area contributed by atoms with E-state index in [-0.39, 0.29) is 18.1 Å². The van der Waals surface area contributed by atoms with Crippen LogP contribution in [0.4, 0.5) is 4.79 Å². The zero-order chi connectivity index (χ0) is 8.43. The molecular weight excluding hydrogens is 146 g/mol. The van der Waals surface area contributed by atoms with Gasteiger partial charge < -0.3 is 15.6 Å². The van der Waals surface area contributed by atoms with Crippen molar-refractivity contribution in [3.05, 3.63) is 0 Å². The number of carbonyl (C=O) groups excluding carboxylic acids is 1. The van der Waals surface area contributed by atoms with Gasteiger partial charge in [0.25, 0.3) is 0 Å². The zero-order valence-electron chi connectivity index (χ0n) is 6.49. The molecule has 0 aromatic heterocycles. The van der Waals surface area contributed by atoms with Crippen LogP contribution in [0, 0.1) is 5.92 Å². The third-order valence-corrected chi connectivity index (χ3v) is 2.21. The summed E-state index contributed by atoms with van der Waals surface area (Å²) < 4.78 is 4.77. The molecule has 4 heteroatoms. The van der Waals surface area contributed by atoms with Crippen LogP contribution in [0.2, 0.25) is 0 Å². The zero-order valence-corrected chi connectivity index (χ0v) is 6.49. The van der Waals surface area contributed by atoms with Crippen LogP contribution in [-0.4, -0.2) is 23.4 Å². The SMILES string of the molecule is CC1C(O)CCC1OC(N)=O. The Bertz CT molecular complexity index is 160. The van der Waals surface area contributed by atoms with E-state index in [9.17, 15) is 9.90 Å². The highest BCUT2D eigenvalue weighted by atomic mass is 16.6. The van der Waals surface area contributed by atoms with Gasteiger partial charge in [-0.3, -0.25) is 0 Å². The average Bonchev–Trinajstić information content (AvgIpc) is 2.18. The van der Waals surface area contributed by atoms with Crippen LogP contribution >= 0.6 is 0 Å². The Labute approximate surface area is 65.3 Å². The molecule has 1 saturated carbocycles. The Balaban J connectivity index is 2.42. The van der Waals surface area contributed by atoms with Crippen molar-refractivity contribution < 1.29 is 14.6 Å². The molecule has 3 unspecified atom stereocenters. The largest absolute Gasteiger partial charge is 0.446 e. The Morgan fingerprint density at radius 3 is 2.64 bits per heavy atom. The maximum absolute atomic E-state index is 10.3. The lowest BCUT2D eigenvalue weighted by Crippen LogP contribution is -2.27. The predicted molar refractivity (Wildman–Crippen MR) is 38.9 cm³/mol. The van der Waals surface area contributed by atoms with Crippen molar-refractivity contribution in [1.82, 2.24) is 0 Å². The molecular formula is C7H13NO3. The van der Waals surface area contributed by atoms with Gasteiger partial charge in [0.15, 0.2) is 0 Å². The van der Waals surface area contributed by atoms with E-state index in [1.54, 1.807) is 0 Å². The highest BCUT2D eigenvalue weighted by molar-refractivity contribution is 5.64. The lowest BCUT2D eigenvalue weighted by molar-refractivity contribution is 0.0555. The predicted octanol–water partition coefficient (Wildman–Crippen LogP) is 0.241. The minimum Gasteiger partial charge on any atom is -0.446 e. The first-order valence-electron chi connectivity index (χ1n) is 3.75. The first-order valence-corrected chi connectivity index (χ1v) is 3.75. The van der Waals surface area contributed by atoms with Gasteiger partial charge >= 0.3 is 6.09 Å². The molecule has 1 fully saturated rings. The monoisotopic (exact) mass is 159 g/mol. The summed E-state index contributed by atoms with van der Waals surface area (Å²) in [5, 5.41) is 9.25. The number of ether oxygens (including phenoxy) is 1. The van der Waals surface area contributed by atoms with Crippen LogP contribution in [0.3, 0.4) is 0 Å². The van der Waals surface area contributed by atoms with Crippen LogP contribution in [-0.2, 0) is 4.74 Å². The number of rotatable bonds is 1. The van der Waals surface area contributed by atoms with E-state index in [1.807, 2.05) is 6.92 Å². The van der Waals surface area contributed by atoms with Gasteiger partial charge in [0.1, 0.15) is 6.10 Å². The molecule has 3 N–H and O–H groups in total. The molecule has 4 nitrogen and oxygen atoms in total. The molecule has 0 aromatic rings. The van der Waals surface area contributed by atoms with E-state index < -0.39 is 6.09 Å². The summed E-state index contributed by atoms with van der Waals surface area (Å²) in [5.74, 6) is 0.0162. The summed E-state index contributed by atoms with van der Waals surface area (Å²) in [6.07, 6.45) is 0.113. The van der Waals surface area contributed by atoms with Gasteiger partial charge in [0, 0.05) is 5.92 Å². The third-order valence-electron chi connectivity index (χ3n) is 2.21. The molecule has 0 aliphatic heterocycles. The number of amides is 1. The van der Waals surface area contributed by atoms with Gasteiger partial charge in [-0.15, -0.1) is 0 Å². The van der Waals surface area contributed by atoms with Gasteiger partial charge in [-0.05, 0) is 12.8 Å². The summed E-state index contributed by atoms with van der Waals surface area (Å²) in [5.41, 5.74) is 4.84. The Morgan fingerprint density at radius 1 is 1.64 bits per heavy atom. The Kier molecular flexibility index (Phi) is 2.34. The molecule has 0 aromatic carbocycles. The van der Waals surface area contributed by atoms with Crippen molar-refractivity contribution in [1.29, 1.82) is 0 Å². The van der Waals surface area contributed by atoms with Crippen LogP contribution in [0.1, 0.15) is 19.8 Å². The number of hydrogen-bond donors (Lipinski definition) is 2. The molecule has 0 saturated heterocycles. The van der Waals surface area contributed by atoms with Gasteiger partial charge in [-0.2, -0.15) is 0 Å². The summed E-state index contributed by atoms with van der Waals surface area (Å²) in [6, 6.07) is 0. The Hall–Kier alpha value is -0.770. The number of aliphatic hydroxyl groups excluding tert-OH is 1. The van der Waals surface area contributed by atoms with E-state index in [1.165, 1.54) is 0 Å². The topological polar surface area (TPSA) is 72.6 Å². The fourth-order valence-electron chi connectivity index (χ4n) is 1.42.